The highest BCUT2D eigenvalue weighted by atomic mass is 79.9. The molecule has 2 aromatic carbocycles. The number of hydrogen-bond donors (Lipinski definition) is 2. The number of hydrogen-bond acceptors (Lipinski definition) is 2. The van der Waals surface area contributed by atoms with Crippen LogP contribution >= 0.6 is 15.9 Å². The van der Waals surface area contributed by atoms with E-state index >= 15 is 0 Å². The molecule has 0 spiro atoms. The fourth-order valence-electron chi connectivity index (χ4n) is 1.56. The molecule has 0 aromatic heterocycles. The molecule has 0 unspecified atom stereocenters. The fraction of sp³-hybridized carbons (Fsp3) is 0.0714. The molecule has 0 atom stereocenters. The summed E-state index contributed by atoms with van der Waals surface area (Å²) in [7, 11) is 0. The Kier molecular flexibility index (Phi) is 3.67. The van der Waals surface area contributed by atoms with E-state index < -0.39 is 0 Å². The molecule has 0 aliphatic heterocycles. The second-order valence-corrected chi connectivity index (χ2v) is 4.86. The largest absolute Gasteiger partial charge is 0.398 e. The van der Waals surface area contributed by atoms with Gasteiger partial charge in [-0.2, -0.15) is 0 Å². The standard InChI is InChI=1S/C14H13BrN2O/c1-9-6-7-10(8-13(9)16)17-14(18)11-4-2-3-5-12(11)15/h2-8H,16H2,1H3,(H,17,18). The number of nitrogens with one attached hydrogen (secondary N) is 1. The molecule has 0 bridgehead atoms. The molecular formula is C14H13BrN2O. The molecule has 3 N–H and O–H groups in total. The maximum absolute atomic E-state index is 12.0. The Morgan fingerprint density at radius 2 is 1.94 bits per heavy atom. The fourth-order valence-corrected chi connectivity index (χ4v) is 2.03. The minimum absolute atomic E-state index is 0.161. The van der Waals surface area contributed by atoms with E-state index in [0.29, 0.717) is 16.9 Å². The van der Waals surface area contributed by atoms with E-state index in [0.717, 1.165) is 10.0 Å². The minimum Gasteiger partial charge on any atom is -0.398 e. The van der Waals surface area contributed by atoms with Gasteiger partial charge < -0.3 is 11.1 Å². The molecule has 92 valence electrons. The van der Waals surface area contributed by atoms with Crippen molar-refractivity contribution < 1.29 is 4.79 Å². The lowest BCUT2D eigenvalue weighted by Gasteiger charge is -2.08. The Morgan fingerprint density at radius 1 is 1.22 bits per heavy atom. The molecule has 0 fully saturated rings. The van der Waals surface area contributed by atoms with Crippen LogP contribution in [-0.4, -0.2) is 5.91 Å². The van der Waals surface area contributed by atoms with Crippen LogP contribution in [0.2, 0.25) is 0 Å². The van der Waals surface area contributed by atoms with Crippen molar-refractivity contribution in [1.82, 2.24) is 0 Å². The zero-order valence-electron chi connectivity index (χ0n) is 9.91. The van der Waals surface area contributed by atoms with Crippen molar-refractivity contribution in [3.8, 4) is 0 Å². The first kappa shape index (κ1) is 12.6. The Hall–Kier alpha value is -1.81. The van der Waals surface area contributed by atoms with E-state index in [1.165, 1.54) is 0 Å². The Balaban J connectivity index is 2.22. The molecule has 0 saturated heterocycles. The number of anilines is 2. The number of rotatable bonds is 2. The van der Waals surface area contributed by atoms with Crippen molar-refractivity contribution in [2.45, 2.75) is 6.92 Å². The first-order chi connectivity index (χ1) is 8.58. The van der Waals surface area contributed by atoms with Gasteiger partial charge in [0.1, 0.15) is 0 Å². The summed E-state index contributed by atoms with van der Waals surface area (Å²) in [6.45, 7) is 1.93. The molecule has 18 heavy (non-hydrogen) atoms. The average Bonchev–Trinajstić information content (AvgIpc) is 2.34. The van der Waals surface area contributed by atoms with Gasteiger partial charge in [-0.1, -0.05) is 18.2 Å². The third kappa shape index (κ3) is 2.71. The highest BCUT2D eigenvalue weighted by Gasteiger charge is 2.09. The van der Waals surface area contributed by atoms with E-state index in [9.17, 15) is 4.79 Å². The average molecular weight is 305 g/mol. The topological polar surface area (TPSA) is 55.1 Å². The van der Waals surface area contributed by atoms with Crippen molar-refractivity contribution in [2.24, 2.45) is 0 Å². The van der Waals surface area contributed by atoms with Crippen LogP contribution in [0.4, 0.5) is 11.4 Å². The van der Waals surface area contributed by atoms with Gasteiger partial charge in [-0.05, 0) is 52.7 Å². The summed E-state index contributed by atoms with van der Waals surface area (Å²) in [4.78, 5) is 12.0. The van der Waals surface area contributed by atoms with Crippen LogP contribution in [-0.2, 0) is 0 Å². The molecule has 0 aliphatic rings. The number of aryl methyl sites for hydroxylation is 1. The third-order valence-electron chi connectivity index (χ3n) is 2.66. The monoisotopic (exact) mass is 304 g/mol. The Labute approximate surface area is 114 Å². The van der Waals surface area contributed by atoms with Gasteiger partial charge in [0.2, 0.25) is 0 Å². The van der Waals surface area contributed by atoms with Crippen LogP contribution in [0.3, 0.4) is 0 Å². The zero-order valence-corrected chi connectivity index (χ0v) is 11.5. The molecule has 0 aliphatic carbocycles. The lowest BCUT2D eigenvalue weighted by atomic mass is 10.1. The summed E-state index contributed by atoms with van der Waals surface area (Å²) < 4.78 is 0.766. The van der Waals surface area contributed by atoms with E-state index in [1.54, 1.807) is 12.1 Å². The molecule has 4 heteroatoms. The van der Waals surface area contributed by atoms with E-state index in [4.69, 9.17) is 5.73 Å². The molecule has 1 amide bonds. The summed E-state index contributed by atoms with van der Waals surface area (Å²) in [5.41, 5.74) is 8.75. The smallest absolute Gasteiger partial charge is 0.256 e. The molecular weight excluding hydrogens is 292 g/mol. The van der Waals surface area contributed by atoms with Crippen molar-refractivity contribution in [3.05, 3.63) is 58.1 Å². The lowest BCUT2D eigenvalue weighted by molar-refractivity contribution is 0.102. The predicted octanol–water partition coefficient (Wildman–Crippen LogP) is 3.59. The number of nitrogen functional groups attached to an aromatic ring is 1. The Bertz CT molecular complexity index is 596. The van der Waals surface area contributed by atoms with Crippen LogP contribution in [0.1, 0.15) is 15.9 Å². The third-order valence-corrected chi connectivity index (χ3v) is 3.35. The summed E-state index contributed by atoms with van der Waals surface area (Å²) in [5, 5.41) is 2.82. The summed E-state index contributed by atoms with van der Waals surface area (Å²) in [6, 6.07) is 12.7. The van der Waals surface area contributed by atoms with Gasteiger partial charge in [-0.15, -0.1) is 0 Å². The number of benzene rings is 2. The number of carbonyl (C=O) groups excluding carboxylic acids is 1. The van der Waals surface area contributed by atoms with Gasteiger partial charge in [0.25, 0.3) is 5.91 Å². The van der Waals surface area contributed by atoms with Gasteiger partial charge in [-0.3, -0.25) is 4.79 Å². The van der Waals surface area contributed by atoms with Crippen molar-refractivity contribution in [3.63, 3.8) is 0 Å². The lowest BCUT2D eigenvalue weighted by Crippen LogP contribution is -2.12. The molecule has 0 saturated carbocycles. The number of amides is 1. The van der Waals surface area contributed by atoms with Crippen molar-refractivity contribution >= 4 is 33.2 Å². The number of nitrogens with two attached hydrogens (primary N) is 1. The van der Waals surface area contributed by atoms with Gasteiger partial charge in [0, 0.05) is 15.8 Å². The molecule has 2 aromatic rings. The van der Waals surface area contributed by atoms with Crippen molar-refractivity contribution in [2.75, 3.05) is 11.1 Å². The van der Waals surface area contributed by atoms with Gasteiger partial charge in [0.15, 0.2) is 0 Å². The van der Waals surface area contributed by atoms with E-state index in [2.05, 4.69) is 21.2 Å². The van der Waals surface area contributed by atoms with Crippen LogP contribution in [0.15, 0.2) is 46.9 Å². The zero-order chi connectivity index (χ0) is 13.1. The highest BCUT2D eigenvalue weighted by molar-refractivity contribution is 9.10. The number of halogens is 1. The van der Waals surface area contributed by atoms with Gasteiger partial charge in [0.05, 0.1) is 5.56 Å². The molecule has 0 heterocycles. The minimum atomic E-state index is -0.161. The molecule has 0 radical (unpaired) electrons. The number of carbonyl (C=O) groups is 1. The Morgan fingerprint density at radius 3 is 2.61 bits per heavy atom. The van der Waals surface area contributed by atoms with E-state index in [-0.39, 0.29) is 5.91 Å². The van der Waals surface area contributed by atoms with Crippen LogP contribution in [0, 0.1) is 6.92 Å². The second-order valence-electron chi connectivity index (χ2n) is 4.01. The first-order valence-electron chi connectivity index (χ1n) is 5.50. The van der Waals surface area contributed by atoms with Crippen LogP contribution in [0.5, 0.6) is 0 Å². The predicted molar refractivity (Wildman–Crippen MR) is 77.7 cm³/mol. The van der Waals surface area contributed by atoms with Gasteiger partial charge >= 0.3 is 0 Å². The SMILES string of the molecule is Cc1ccc(NC(=O)c2ccccc2Br)cc1N. The molecule has 2 rings (SSSR count). The maximum Gasteiger partial charge on any atom is 0.256 e. The van der Waals surface area contributed by atoms with Crippen LogP contribution < -0.4 is 11.1 Å². The van der Waals surface area contributed by atoms with Gasteiger partial charge in [-0.25, -0.2) is 0 Å². The van der Waals surface area contributed by atoms with Crippen LogP contribution in [0.25, 0.3) is 0 Å². The summed E-state index contributed by atoms with van der Waals surface area (Å²) >= 11 is 3.35. The quantitative estimate of drug-likeness (QED) is 0.833. The maximum atomic E-state index is 12.0. The second kappa shape index (κ2) is 5.23. The first-order valence-corrected chi connectivity index (χ1v) is 6.29. The normalized spacial score (nSPS) is 10.1. The summed E-state index contributed by atoms with van der Waals surface area (Å²) in [6.07, 6.45) is 0. The van der Waals surface area contributed by atoms with Crippen molar-refractivity contribution in [1.29, 1.82) is 0 Å². The summed E-state index contributed by atoms with van der Waals surface area (Å²) in [5.74, 6) is -0.161. The molecule has 3 nitrogen and oxygen atoms in total. The van der Waals surface area contributed by atoms with E-state index in [1.807, 2.05) is 37.3 Å². The highest BCUT2D eigenvalue weighted by Crippen LogP contribution is 2.20.